The number of unbranched alkanes of at least 4 members (excludes halogenated alkanes) is 1. The second-order valence-corrected chi connectivity index (χ2v) is 3.12. The van der Waals surface area contributed by atoms with Crippen molar-refractivity contribution < 1.29 is 29.7 Å². The van der Waals surface area contributed by atoms with Crippen molar-refractivity contribution >= 4 is 17.9 Å². The van der Waals surface area contributed by atoms with Gasteiger partial charge in [0.1, 0.15) is 6.04 Å². The highest BCUT2D eigenvalue weighted by atomic mass is 16.4. The molecule has 7 nitrogen and oxygen atoms in total. The van der Waals surface area contributed by atoms with Crippen LogP contribution in [0.1, 0.15) is 32.6 Å². The molecule has 16 heavy (non-hydrogen) atoms. The van der Waals surface area contributed by atoms with Crippen molar-refractivity contribution in [2.45, 2.75) is 38.6 Å². The zero-order chi connectivity index (χ0) is 13.1. The number of carboxylic acid groups (broad SMARTS) is 3. The number of hydrogen-bond acceptors (Lipinski definition) is 4. The maximum atomic E-state index is 9.90. The third-order valence-corrected chi connectivity index (χ3v) is 1.42. The maximum Gasteiger partial charge on any atom is 0.320 e. The highest BCUT2D eigenvalue weighted by Crippen LogP contribution is 1.98. The number of carboxylic acids is 3. The molecule has 0 amide bonds. The monoisotopic (exact) mass is 235 g/mol. The molecule has 5 N–H and O–H groups in total. The predicted molar refractivity (Wildman–Crippen MR) is 55.0 cm³/mol. The van der Waals surface area contributed by atoms with Crippen LogP contribution in [0.2, 0.25) is 0 Å². The molecular weight excluding hydrogens is 218 g/mol. The fraction of sp³-hybridized carbons (Fsp3) is 0.667. The standard InChI is InChI=1S/C6H10O4.C3H7NO2/c7-5(8)3-1-2-4-6(9)10;1-2(4)3(5)6/h1-4H2,(H,7,8)(H,9,10);2H,4H2,1H3,(H,5,6)/t;2-/m.0/s1. The molecule has 0 saturated heterocycles. The van der Waals surface area contributed by atoms with Gasteiger partial charge in [-0.1, -0.05) is 0 Å². The van der Waals surface area contributed by atoms with Crippen LogP contribution in [0.15, 0.2) is 0 Å². The summed E-state index contributed by atoms with van der Waals surface area (Å²) in [7, 11) is 0. The van der Waals surface area contributed by atoms with E-state index in [0.717, 1.165) is 0 Å². The Bertz CT molecular complexity index is 222. The van der Waals surface area contributed by atoms with E-state index in [1.165, 1.54) is 6.92 Å². The number of aliphatic carboxylic acids is 3. The molecule has 0 aliphatic heterocycles. The molecule has 0 radical (unpaired) electrons. The second-order valence-electron chi connectivity index (χ2n) is 3.12. The summed E-state index contributed by atoms with van der Waals surface area (Å²) in [5, 5.41) is 24.1. The molecule has 0 spiro atoms. The van der Waals surface area contributed by atoms with Crippen LogP contribution in [0.3, 0.4) is 0 Å². The summed E-state index contributed by atoms with van der Waals surface area (Å²) in [5.41, 5.74) is 4.84. The average Bonchev–Trinajstić information content (AvgIpc) is 2.12. The van der Waals surface area contributed by atoms with Crippen LogP contribution >= 0.6 is 0 Å². The maximum absolute atomic E-state index is 9.90. The normalized spacial score (nSPS) is 10.9. The summed E-state index contributed by atoms with van der Waals surface area (Å²) in [6.07, 6.45) is 1.02. The van der Waals surface area contributed by atoms with Gasteiger partial charge in [0, 0.05) is 12.8 Å². The smallest absolute Gasteiger partial charge is 0.320 e. The second kappa shape index (κ2) is 9.91. The lowest BCUT2D eigenvalue weighted by Gasteiger charge is -1.92. The van der Waals surface area contributed by atoms with E-state index in [2.05, 4.69) is 0 Å². The molecule has 7 heteroatoms. The number of carbonyl (C=O) groups is 3. The highest BCUT2D eigenvalue weighted by molar-refractivity contribution is 5.72. The van der Waals surface area contributed by atoms with E-state index in [-0.39, 0.29) is 12.8 Å². The fourth-order valence-corrected chi connectivity index (χ4v) is 0.552. The topological polar surface area (TPSA) is 138 Å². The van der Waals surface area contributed by atoms with Gasteiger partial charge in [0.25, 0.3) is 0 Å². The summed E-state index contributed by atoms with van der Waals surface area (Å²) in [6, 6.07) is -0.731. The Morgan fingerprint density at radius 2 is 1.25 bits per heavy atom. The van der Waals surface area contributed by atoms with E-state index in [9.17, 15) is 14.4 Å². The Morgan fingerprint density at radius 3 is 1.38 bits per heavy atom. The lowest BCUT2D eigenvalue weighted by Crippen LogP contribution is -2.25. The van der Waals surface area contributed by atoms with Gasteiger partial charge in [-0.2, -0.15) is 0 Å². The molecule has 0 heterocycles. The predicted octanol–water partition coefficient (Wildman–Crippen LogP) is 0.134. The van der Waals surface area contributed by atoms with Crippen molar-refractivity contribution in [3.8, 4) is 0 Å². The van der Waals surface area contributed by atoms with Crippen LogP contribution < -0.4 is 5.73 Å². The van der Waals surface area contributed by atoms with E-state index in [0.29, 0.717) is 12.8 Å². The molecule has 0 unspecified atom stereocenters. The lowest BCUT2D eigenvalue weighted by molar-refractivity contribution is -0.139. The molecule has 94 valence electrons. The fourth-order valence-electron chi connectivity index (χ4n) is 0.552. The van der Waals surface area contributed by atoms with Gasteiger partial charge in [0.15, 0.2) is 0 Å². The van der Waals surface area contributed by atoms with E-state index in [4.69, 9.17) is 21.1 Å². The summed E-state index contributed by atoms with van der Waals surface area (Å²) < 4.78 is 0. The van der Waals surface area contributed by atoms with Crippen molar-refractivity contribution in [1.82, 2.24) is 0 Å². The Morgan fingerprint density at radius 1 is 1.00 bits per heavy atom. The van der Waals surface area contributed by atoms with Crippen molar-refractivity contribution in [3.05, 3.63) is 0 Å². The van der Waals surface area contributed by atoms with E-state index in [1.807, 2.05) is 0 Å². The SMILES string of the molecule is C[C@H](N)C(=O)O.O=C(O)CCCCC(=O)O. The minimum atomic E-state index is -0.963. The number of hydrogen-bond donors (Lipinski definition) is 4. The summed E-state index contributed by atoms with van der Waals surface area (Å²) in [4.78, 5) is 29.4. The number of rotatable bonds is 6. The molecular formula is C9H17NO6. The number of nitrogens with two attached hydrogens (primary N) is 1. The van der Waals surface area contributed by atoms with Crippen LogP contribution in [0.25, 0.3) is 0 Å². The summed E-state index contributed by atoms with van der Waals surface area (Å²) >= 11 is 0. The third-order valence-electron chi connectivity index (χ3n) is 1.42. The van der Waals surface area contributed by atoms with Gasteiger partial charge in [0.2, 0.25) is 0 Å². The molecule has 0 aromatic rings. The first-order chi connectivity index (χ1) is 7.27. The van der Waals surface area contributed by atoms with Crippen molar-refractivity contribution in [2.24, 2.45) is 5.73 Å². The third kappa shape index (κ3) is 18.2. The van der Waals surface area contributed by atoms with Crippen LogP contribution in [0, 0.1) is 0 Å². The van der Waals surface area contributed by atoms with Gasteiger partial charge in [0.05, 0.1) is 0 Å². The first-order valence-corrected chi connectivity index (χ1v) is 4.69. The largest absolute Gasteiger partial charge is 0.481 e. The summed E-state index contributed by atoms with van der Waals surface area (Å²) in [5.74, 6) is -2.70. The Hall–Kier alpha value is -1.63. The van der Waals surface area contributed by atoms with Gasteiger partial charge in [-0.15, -0.1) is 0 Å². The van der Waals surface area contributed by atoms with Crippen molar-refractivity contribution in [2.75, 3.05) is 0 Å². The first kappa shape index (κ1) is 16.8. The molecule has 0 bridgehead atoms. The zero-order valence-corrected chi connectivity index (χ0v) is 9.05. The Balaban J connectivity index is 0. The van der Waals surface area contributed by atoms with Gasteiger partial charge in [-0.05, 0) is 19.8 Å². The van der Waals surface area contributed by atoms with Gasteiger partial charge in [-0.25, -0.2) is 0 Å². The Labute approximate surface area is 92.9 Å². The van der Waals surface area contributed by atoms with Crippen LogP contribution in [-0.2, 0) is 14.4 Å². The molecule has 0 saturated carbocycles. The van der Waals surface area contributed by atoms with Gasteiger partial charge < -0.3 is 21.1 Å². The summed E-state index contributed by atoms with van der Waals surface area (Å²) in [6.45, 7) is 1.42. The van der Waals surface area contributed by atoms with E-state index < -0.39 is 23.9 Å². The molecule has 0 aliphatic rings. The van der Waals surface area contributed by atoms with Crippen LogP contribution in [0.4, 0.5) is 0 Å². The first-order valence-electron chi connectivity index (χ1n) is 4.69. The molecule has 1 atom stereocenters. The zero-order valence-electron chi connectivity index (χ0n) is 9.05. The molecule has 0 rings (SSSR count). The minimum absolute atomic E-state index is 0.0628. The minimum Gasteiger partial charge on any atom is -0.481 e. The Kier molecular flexibility index (Phi) is 10.4. The highest BCUT2D eigenvalue weighted by Gasteiger charge is 1.99. The van der Waals surface area contributed by atoms with Gasteiger partial charge >= 0.3 is 17.9 Å². The van der Waals surface area contributed by atoms with Crippen molar-refractivity contribution in [3.63, 3.8) is 0 Å². The molecule has 0 fully saturated rings. The van der Waals surface area contributed by atoms with E-state index >= 15 is 0 Å². The van der Waals surface area contributed by atoms with Gasteiger partial charge in [-0.3, -0.25) is 14.4 Å². The van der Waals surface area contributed by atoms with Crippen LogP contribution in [0.5, 0.6) is 0 Å². The molecule has 0 aromatic heterocycles. The molecule has 0 aromatic carbocycles. The average molecular weight is 235 g/mol. The molecule has 0 aliphatic carbocycles. The van der Waals surface area contributed by atoms with Crippen LogP contribution in [-0.4, -0.2) is 39.3 Å². The quantitative estimate of drug-likeness (QED) is 0.480. The van der Waals surface area contributed by atoms with Crippen molar-refractivity contribution in [1.29, 1.82) is 0 Å². The lowest BCUT2D eigenvalue weighted by atomic mass is 10.2. The van der Waals surface area contributed by atoms with E-state index in [1.54, 1.807) is 0 Å².